The number of nitrogens with two attached hydrogens (primary N) is 1. The van der Waals surface area contributed by atoms with Crippen LogP contribution in [0.2, 0.25) is 0 Å². The predicted octanol–water partition coefficient (Wildman–Crippen LogP) is 2.29. The standard InChI is InChI=1S/C13H11N3O/c14-10-3-6-13-15-12(8-16(13)7-10)9-1-4-11(17)5-2-9/h1-8,17H,14H2. The van der Waals surface area contributed by atoms with Crippen LogP contribution in [0.25, 0.3) is 16.9 Å². The van der Waals surface area contributed by atoms with Crippen molar-refractivity contribution >= 4 is 11.3 Å². The second kappa shape index (κ2) is 3.52. The summed E-state index contributed by atoms with van der Waals surface area (Å²) in [5.74, 6) is 0.252. The lowest BCUT2D eigenvalue weighted by atomic mass is 10.2. The number of benzene rings is 1. The van der Waals surface area contributed by atoms with Crippen LogP contribution in [0.4, 0.5) is 5.69 Å². The van der Waals surface area contributed by atoms with Gasteiger partial charge in [0.1, 0.15) is 11.4 Å². The second-order valence-corrected chi connectivity index (χ2v) is 3.90. The van der Waals surface area contributed by atoms with E-state index in [4.69, 9.17) is 5.73 Å². The van der Waals surface area contributed by atoms with Crippen molar-refractivity contribution in [2.75, 3.05) is 5.73 Å². The van der Waals surface area contributed by atoms with Gasteiger partial charge in [-0.2, -0.15) is 0 Å². The zero-order chi connectivity index (χ0) is 11.8. The van der Waals surface area contributed by atoms with E-state index in [-0.39, 0.29) is 5.75 Å². The van der Waals surface area contributed by atoms with E-state index in [0.717, 1.165) is 16.9 Å². The molecular formula is C13H11N3O. The van der Waals surface area contributed by atoms with Crippen molar-refractivity contribution in [2.24, 2.45) is 0 Å². The molecule has 0 radical (unpaired) electrons. The summed E-state index contributed by atoms with van der Waals surface area (Å²) in [6.45, 7) is 0. The van der Waals surface area contributed by atoms with Crippen molar-refractivity contribution in [3.8, 4) is 17.0 Å². The van der Waals surface area contributed by atoms with Crippen LogP contribution in [0.3, 0.4) is 0 Å². The summed E-state index contributed by atoms with van der Waals surface area (Å²) in [6.07, 6.45) is 3.74. The van der Waals surface area contributed by atoms with Crippen LogP contribution in [-0.4, -0.2) is 14.5 Å². The highest BCUT2D eigenvalue weighted by Crippen LogP contribution is 2.21. The molecule has 0 saturated heterocycles. The van der Waals surface area contributed by atoms with Gasteiger partial charge in [-0.05, 0) is 36.4 Å². The van der Waals surface area contributed by atoms with Gasteiger partial charge in [0.15, 0.2) is 0 Å². The summed E-state index contributed by atoms with van der Waals surface area (Å²) in [4.78, 5) is 4.48. The molecule has 0 amide bonds. The van der Waals surface area contributed by atoms with E-state index in [0.29, 0.717) is 5.69 Å². The molecule has 0 spiro atoms. The van der Waals surface area contributed by atoms with Gasteiger partial charge in [0.25, 0.3) is 0 Å². The number of aromatic nitrogens is 2. The molecule has 4 nitrogen and oxygen atoms in total. The third kappa shape index (κ3) is 1.69. The number of hydrogen-bond donors (Lipinski definition) is 2. The van der Waals surface area contributed by atoms with Gasteiger partial charge in [0.2, 0.25) is 0 Å². The molecule has 0 bridgehead atoms. The Balaban J connectivity index is 2.14. The molecule has 1 aromatic carbocycles. The predicted molar refractivity (Wildman–Crippen MR) is 66.7 cm³/mol. The summed E-state index contributed by atoms with van der Waals surface area (Å²) >= 11 is 0. The van der Waals surface area contributed by atoms with Gasteiger partial charge in [0, 0.05) is 23.6 Å². The first-order chi connectivity index (χ1) is 8.22. The van der Waals surface area contributed by atoms with E-state index in [1.54, 1.807) is 12.1 Å². The first-order valence-electron chi connectivity index (χ1n) is 5.26. The fourth-order valence-electron chi connectivity index (χ4n) is 1.78. The molecule has 2 heterocycles. The van der Waals surface area contributed by atoms with Crippen LogP contribution in [0.1, 0.15) is 0 Å². The highest BCUT2D eigenvalue weighted by atomic mass is 16.3. The van der Waals surface area contributed by atoms with Crippen LogP contribution in [0.5, 0.6) is 5.75 Å². The molecular weight excluding hydrogens is 214 g/mol. The maximum Gasteiger partial charge on any atom is 0.137 e. The minimum absolute atomic E-state index is 0.252. The molecule has 0 aliphatic rings. The molecule has 3 aromatic rings. The average Bonchev–Trinajstić information content (AvgIpc) is 2.72. The Kier molecular flexibility index (Phi) is 2.01. The molecule has 4 heteroatoms. The summed E-state index contributed by atoms with van der Waals surface area (Å²) in [5.41, 5.74) is 9.08. The number of anilines is 1. The van der Waals surface area contributed by atoms with E-state index in [2.05, 4.69) is 4.98 Å². The van der Waals surface area contributed by atoms with Gasteiger partial charge in [-0.1, -0.05) is 0 Å². The number of imidazole rings is 1. The Labute approximate surface area is 98.0 Å². The number of rotatable bonds is 1. The maximum atomic E-state index is 9.24. The average molecular weight is 225 g/mol. The third-order valence-electron chi connectivity index (χ3n) is 2.64. The van der Waals surface area contributed by atoms with Crippen molar-refractivity contribution in [3.63, 3.8) is 0 Å². The zero-order valence-electron chi connectivity index (χ0n) is 9.04. The molecule has 0 unspecified atom stereocenters. The molecule has 84 valence electrons. The Hall–Kier alpha value is -2.49. The number of fused-ring (bicyclic) bond motifs is 1. The minimum Gasteiger partial charge on any atom is -0.508 e. The number of hydrogen-bond acceptors (Lipinski definition) is 3. The molecule has 0 fully saturated rings. The first kappa shape index (κ1) is 9.72. The molecule has 0 aliphatic carbocycles. The zero-order valence-corrected chi connectivity index (χ0v) is 9.04. The van der Waals surface area contributed by atoms with Gasteiger partial charge >= 0.3 is 0 Å². The van der Waals surface area contributed by atoms with Gasteiger partial charge < -0.3 is 15.2 Å². The number of phenols is 1. The summed E-state index contributed by atoms with van der Waals surface area (Å²) in [5, 5.41) is 9.24. The fraction of sp³-hybridized carbons (Fsp3) is 0. The normalized spacial score (nSPS) is 10.8. The van der Waals surface area contributed by atoms with Gasteiger partial charge in [0.05, 0.1) is 5.69 Å². The number of nitrogens with zero attached hydrogens (tertiary/aromatic N) is 2. The topological polar surface area (TPSA) is 63.5 Å². The Morgan fingerprint density at radius 1 is 1.00 bits per heavy atom. The van der Waals surface area contributed by atoms with E-state index < -0.39 is 0 Å². The lowest BCUT2D eigenvalue weighted by Crippen LogP contribution is -1.88. The van der Waals surface area contributed by atoms with E-state index in [9.17, 15) is 5.11 Å². The first-order valence-corrected chi connectivity index (χ1v) is 5.26. The Bertz CT molecular complexity index is 671. The lowest BCUT2D eigenvalue weighted by molar-refractivity contribution is 0.475. The minimum atomic E-state index is 0.252. The quantitative estimate of drug-likeness (QED) is 0.667. The van der Waals surface area contributed by atoms with Crippen LogP contribution in [0.15, 0.2) is 48.8 Å². The van der Waals surface area contributed by atoms with E-state index in [1.807, 2.05) is 41.1 Å². The third-order valence-corrected chi connectivity index (χ3v) is 2.64. The molecule has 17 heavy (non-hydrogen) atoms. The Morgan fingerprint density at radius 3 is 2.53 bits per heavy atom. The number of pyridine rings is 1. The van der Waals surface area contributed by atoms with Crippen molar-refractivity contribution in [3.05, 3.63) is 48.8 Å². The van der Waals surface area contributed by atoms with Crippen LogP contribution < -0.4 is 5.73 Å². The van der Waals surface area contributed by atoms with E-state index >= 15 is 0 Å². The smallest absolute Gasteiger partial charge is 0.137 e. The van der Waals surface area contributed by atoms with Crippen LogP contribution >= 0.6 is 0 Å². The Morgan fingerprint density at radius 2 is 1.76 bits per heavy atom. The summed E-state index contributed by atoms with van der Waals surface area (Å²) in [6, 6.07) is 10.7. The van der Waals surface area contributed by atoms with Gasteiger partial charge in [-0.15, -0.1) is 0 Å². The molecule has 3 N–H and O–H groups in total. The fourth-order valence-corrected chi connectivity index (χ4v) is 1.78. The second-order valence-electron chi connectivity index (χ2n) is 3.90. The molecule has 0 aliphatic heterocycles. The molecule has 0 atom stereocenters. The van der Waals surface area contributed by atoms with Crippen molar-refractivity contribution in [1.82, 2.24) is 9.38 Å². The van der Waals surface area contributed by atoms with E-state index in [1.165, 1.54) is 0 Å². The van der Waals surface area contributed by atoms with Gasteiger partial charge in [-0.25, -0.2) is 4.98 Å². The lowest BCUT2D eigenvalue weighted by Gasteiger charge is -1.95. The largest absolute Gasteiger partial charge is 0.508 e. The maximum absolute atomic E-state index is 9.24. The summed E-state index contributed by atoms with van der Waals surface area (Å²) < 4.78 is 1.89. The number of nitrogen functional groups attached to an aromatic ring is 1. The molecule has 2 aromatic heterocycles. The van der Waals surface area contributed by atoms with Crippen molar-refractivity contribution in [1.29, 1.82) is 0 Å². The molecule has 0 saturated carbocycles. The number of aromatic hydroxyl groups is 1. The van der Waals surface area contributed by atoms with Crippen LogP contribution in [-0.2, 0) is 0 Å². The SMILES string of the molecule is Nc1ccc2nc(-c3ccc(O)cc3)cn2c1. The van der Waals surface area contributed by atoms with Crippen molar-refractivity contribution < 1.29 is 5.11 Å². The molecule has 3 rings (SSSR count). The number of phenolic OH excluding ortho intramolecular Hbond substituents is 1. The highest BCUT2D eigenvalue weighted by Gasteiger charge is 2.04. The van der Waals surface area contributed by atoms with Crippen molar-refractivity contribution in [2.45, 2.75) is 0 Å². The highest BCUT2D eigenvalue weighted by molar-refractivity contribution is 5.64. The van der Waals surface area contributed by atoms with Gasteiger partial charge in [-0.3, -0.25) is 0 Å². The summed E-state index contributed by atoms with van der Waals surface area (Å²) in [7, 11) is 0. The monoisotopic (exact) mass is 225 g/mol. The van der Waals surface area contributed by atoms with Crippen LogP contribution in [0, 0.1) is 0 Å².